The predicted molar refractivity (Wildman–Crippen MR) is 67.4 cm³/mol. The Labute approximate surface area is 107 Å². The van der Waals surface area contributed by atoms with Gasteiger partial charge in [-0.1, -0.05) is 15.9 Å². The summed E-state index contributed by atoms with van der Waals surface area (Å²) >= 11 is 9.20. The molecule has 82 valence electrons. The summed E-state index contributed by atoms with van der Waals surface area (Å²) in [6, 6.07) is 4.08. The van der Waals surface area contributed by atoms with Gasteiger partial charge in [-0.15, -0.1) is 5.10 Å². The molecule has 5 heteroatoms. The van der Waals surface area contributed by atoms with E-state index in [1.807, 2.05) is 26.0 Å². The molecule has 0 radical (unpaired) electrons. The van der Waals surface area contributed by atoms with Crippen molar-refractivity contribution in [2.45, 2.75) is 13.8 Å². The molecule has 1 aromatic carbocycles. The van der Waals surface area contributed by atoms with E-state index in [1.54, 1.807) is 6.20 Å². The van der Waals surface area contributed by atoms with Crippen molar-refractivity contribution >= 4 is 27.5 Å². The molecule has 3 nitrogen and oxygen atoms in total. The zero-order valence-electron chi connectivity index (χ0n) is 8.83. The van der Waals surface area contributed by atoms with Gasteiger partial charge in [0, 0.05) is 10.0 Å². The Morgan fingerprint density at radius 3 is 2.38 bits per heavy atom. The van der Waals surface area contributed by atoms with Crippen LogP contribution in [0.4, 0.5) is 0 Å². The molecular weight excluding hydrogens is 289 g/mol. The Bertz CT molecular complexity index is 519. The van der Waals surface area contributed by atoms with Crippen molar-refractivity contribution in [2.24, 2.45) is 0 Å². The first-order valence-corrected chi connectivity index (χ1v) is 5.87. The van der Waals surface area contributed by atoms with E-state index in [-0.39, 0.29) is 5.28 Å². The first-order valence-electron chi connectivity index (χ1n) is 4.70. The van der Waals surface area contributed by atoms with Crippen LogP contribution in [0.3, 0.4) is 0 Å². The van der Waals surface area contributed by atoms with Crippen molar-refractivity contribution in [3.05, 3.63) is 39.2 Å². The van der Waals surface area contributed by atoms with Crippen molar-refractivity contribution in [1.82, 2.24) is 15.2 Å². The van der Waals surface area contributed by atoms with Gasteiger partial charge in [0.1, 0.15) is 0 Å². The molecular formula is C11H9BrClN3. The van der Waals surface area contributed by atoms with Crippen LogP contribution in [0, 0.1) is 13.8 Å². The summed E-state index contributed by atoms with van der Waals surface area (Å²) in [6.07, 6.45) is 1.62. The normalized spacial score (nSPS) is 10.5. The summed E-state index contributed by atoms with van der Waals surface area (Å²) in [7, 11) is 0. The molecule has 2 rings (SSSR count). The Balaban J connectivity index is 2.64. The molecule has 2 aromatic rings. The first-order chi connectivity index (χ1) is 7.58. The van der Waals surface area contributed by atoms with Crippen LogP contribution >= 0.6 is 27.5 Å². The fraction of sp³-hybridized carbons (Fsp3) is 0.182. The van der Waals surface area contributed by atoms with E-state index in [0.29, 0.717) is 0 Å². The summed E-state index contributed by atoms with van der Waals surface area (Å²) < 4.78 is 1.05. The summed E-state index contributed by atoms with van der Waals surface area (Å²) in [5.74, 6) is 0. The minimum atomic E-state index is 0.166. The van der Waals surface area contributed by atoms with Gasteiger partial charge in [0.25, 0.3) is 0 Å². The lowest BCUT2D eigenvalue weighted by atomic mass is 10.0. The van der Waals surface area contributed by atoms with Gasteiger partial charge in [-0.05, 0) is 48.7 Å². The van der Waals surface area contributed by atoms with Gasteiger partial charge in [-0.25, -0.2) is 4.98 Å². The Kier molecular flexibility index (Phi) is 3.21. The third kappa shape index (κ3) is 2.23. The topological polar surface area (TPSA) is 38.7 Å². The van der Waals surface area contributed by atoms with E-state index in [1.165, 1.54) is 0 Å². The van der Waals surface area contributed by atoms with Gasteiger partial charge in [-0.2, -0.15) is 5.10 Å². The van der Waals surface area contributed by atoms with Crippen LogP contribution in [-0.2, 0) is 0 Å². The lowest BCUT2D eigenvalue weighted by molar-refractivity contribution is 0.972. The minimum absolute atomic E-state index is 0.166. The number of nitrogens with zero attached hydrogens (tertiary/aromatic N) is 3. The van der Waals surface area contributed by atoms with Crippen LogP contribution in [0.1, 0.15) is 11.1 Å². The number of halogens is 2. The standard InChI is InChI=1S/C11H9BrClN3/c1-6-3-8(12)4-7(2)10(6)9-5-14-16-11(13)15-9/h3-5H,1-2H3. The van der Waals surface area contributed by atoms with Gasteiger partial charge in [0.05, 0.1) is 11.9 Å². The zero-order chi connectivity index (χ0) is 11.7. The van der Waals surface area contributed by atoms with Crippen LogP contribution in [0.5, 0.6) is 0 Å². The highest BCUT2D eigenvalue weighted by atomic mass is 79.9. The first kappa shape index (κ1) is 11.5. The molecule has 0 fully saturated rings. The molecule has 16 heavy (non-hydrogen) atoms. The van der Waals surface area contributed by atoms with Crippen LogP contribution in [0.2, 0.25) is 5.28 Å². The molecule has 0 bridgehead atoms. The lowest BCUT2D eigenvalue weighted by Crippen LogP contribution is -1.95. The quantitative estimate of drug-likeness (QED) is 0.808. The van der Waals surface area contributed by atoms with Crippen molar-refractivity contribution in [3.63, 3.8) is 0 Å². The average molecular weight is 299 g/mol. The van der Waals surface area contributed by atoms with Crippen molar-refractivity contribution in [3.8, 4) is 11.3 Å². The number of aryl methyl sites for hydroxylation is 2. The molecule has 0 N–H and O–H groups in total. The van der Waals surface area contributed by atoms with Gasteiger partial charge in [-0.3, -0.25) is 0 Å². The highest BCUT2D eigenvalue weighted by Crippen LogP contribution is 2.28. The summed E-state index contributed by atoms with van der Waals surface area (Å²) in [6.45, 7) is 4.06. The number of hydrogen-bond donors (Lipinski definition) is 0. The molecule has 0 unspecified atom stereocenters. The van der Waals surface area contributed by atoms with Crippen molar-refractivity contribution in [2.75, 3.05) is 0 Å². The molecule has 0 atom stereocenters. The fourth-order valence-electron chi connectivity index (χ4n) is 1.72. The van der Waals surface area contributed by atoms with Gasteiger partial charge in [0.2, 0.25) is 5.28 Å². The molecule has 0 saturated carbocycles. The fourth-order valence-corrected chi connectivity index (χ4v) is 2.54. The Morgan fingerprint density at radius 2 is 1.81 bits per heavy atom. The Morgan fingerprint density at radius 1 is 1.19 bits per heavy atom. The monoisotopic (exact) mass is 297 g/mol. The third-order valence-corrected chi connectivity index (χ3v) is 2.90. The summed E-state index contributed by atoms with van der Waals surface area (Å²) in [4.78, 5) is 4.17. The molecule has 0 spiro atoms. The number of aromatic nitrogens is 3. The maximum Gasteiger partial charge on any atom is 0.243 e. The maximum absolute atomic E-state index is 5.74. The number of hydrogen-bond acceptors (Lipinski definition) is 3. The highest BCUT2D eigenvalue weighted by molar-refractivity contribution is 9.10. The predicted octanol–water partition coefficient (Wildman–Crippen LogP) is 3.57. The SMILES string of the molecule is Cc1cc(Br)cc(C)c1-c1cnnc(Cl)n1. The highest BCUT2D eigenvalue weighted by Gasteiger charge is 2.09. The average Bonchev–Trinajstić information content (AvgIpc) is 2.15. The Hall–Kier alpha value is -1.000. The molecule has 0 saturated heterocycles. The van der Waals surface area contributed by atoms with E-state index in [2.05, 4.69) is 31.1 Å². The van der Waals surface area contributed by atoms with E-state index >= 15 is 0 Å². The second-order valence-electron chi connectivity index (χ2n) is 3.53. The van der Waals surface area contributed by atoms with Gasteiger partial charge in [0.15, 0.2) is 0 Å². The number of rotatable bonds is 1. The largest absolute Gasteiger partial charge is 0.243 e. The molecule has 0 aliphatic rings. The van der Waals surface area contributed by atoms with Crippen LogP contribution in [0.25, 0.3) is 11.3 Å². The summed E-state index contributed by atoms with van der Waals surface area (Å²) in [5.41, 5.74) is 4.06. The molecule has 1 heterocycles. The van der Waals surface area contributed by atoms with Crippen LogP contribution in [-0.4, -0.2) is 15.2 Å². The van der Waals surface area contributed by atoms with Crippen LogP contribution in [0.15, 0.2) is 22.8 Å². The van der Waals surface area contributed by atoms with E-state index in [9.17, 15) is 0 Å². The maximum atomic E-state index is 5.74. The zero-order valence-corrected chi connectivity index (χ0v) is 11.2. The minimum Gasteiger partial charge on any atom is -0.215 e. The smallest absolute Gasteiger partial charge is 0.215 e. The number of benzene rings is 1. The molecule has 0 aliphatic heterocycles. The second kappa shape index (κ2) is 4.47. The van der Waals surface area contributed by atoms with Crippen molar-refractivity contribution in [1.29, 1.82) is 0 Å². The van der Waals surface area contributed by atoms with Gasteiger partial charge >= 0.3 is 0 Å². The van der Waals surface area contributed by atoms with E-state index < -0.39 is 0 Å². The third-order valence-electron chi connectivity index (χ3n) is 2.29. The van der Waals surface area contributed by atoms with E-state index in [0.717, 1.165) is 26.9 Å². The van der Waals surface area contributed by atoms with Crippen molar-refractivity contribution < 1.29 is 0 Å². The second-order valence-corrected chi connectivity index (χ2v) is 4.78. The molecule has 0 aliphatic carbocycles. The van der Waals surface area contributed by atoms with Gasteiger partial charge < -0.3 is 0 Å². The lowest BCUT2D eigenvalue weighted by Gasteiger charge is -2.09. The van der Waals surface area contributed by atoms with E-state index in [4.69, 9.17) is 11.6 Å². The molecule has 0 amide bonds. The van der Waals surface area contributed by atoms with Crippen LogP contribution < -0.4 is 0 Å². The molecule has 1 aromatic heterocycles. The summed E-state index contributed by atoms with van der Waals surface area (Å²) in [5, 5.41) is 7.61.